The minimum Gasteiger partial charge on any atom is -0.351 e. The van der Waals surface area contributed by atoms with Crippen LogP contribution in [0.1, 0.15) is 10.4 Å². The zero-order valence-corrected chi connectivity index (χ0v) is 18.0. The molecule has 1 saturated heterocycles. The number of non-ortho nitro benzene ring substituents is 1. The molecule has 0 unspecified atom stereocenters. The van der Waals surface area contributed by atoms with Crippen molar-refractivity contribution in [2.45, 2.75) is 0 Å². The number of piperazine rings is 1. The maximum atomic E-state index is 12.8. The molecule has 1 fully saturated rings. The van der Waals surface area contributed by atoms with Crippen LogP contribution in [0.15, 0.2) is 54.9 Å². The summed E-state index contributed by atoms with van der Waals surface area (Å²) in [5.41, 5.74) is 2.31. The summed E-state index contributed by atoms with van der Waals surface area (Å²) in [6.45, 7) is 2.07. The van der Waals surface area contributed by atoms with Gasteiger partial charge in [-0.05, 0) is 36.4 Å². The van der Waals surface area contributed by atoms with Gasteiger partial charge in [-0.3, -0.25) is 14.9 Å². The first kappa shape index (κ1) is 20.8. The summed E-state index contributed by atoms with van der Waals surface area (Å²) >= 11 is 5.98. The van der Waals surface area contributed by atoms with E-state index in [4.69, 9.17) is 11.6 Å². The van der Waals surface area contributed by atoms with Gasteiger partial charge in [0.15, 0.2) is 17.0 Å². The molecule has 0 radical (unpaired) electrons. The SMILES string of the molecule is O=C(c1ccc([N+](=O)[O-])cc1)N1CCN(c2ncnc3c2nnn3-c2ccc(Cl)cc2)CC1. The van der Waals surface area contributed by atoms with Gasteiger partial charge in [0, 0.05) is 48.9 Å². The quantitative estimate of drug-likeness (QED) is 0.333. The number of nitro groups is 1. The van der Waals surface area contributed by atoms with Crippen molar-refractivity contribution in [2.75, 3.05) is 31.1 Å². The third kappa shape index (κ3) is 3.94. The second-order valence-corrected chi connectivity index (χ2v) is 7.87. The number of hydrogen-bond donors (Lipinski definition) is 0. The molecule has 5 rings (SSSR count). The standard InChI is InChI=1S/C21H17ClN8O3/c22-15-3-7-16(8-4-15)29-20-18(25-26-29)19(23-13-24-20)27-9-11-28(12-10-27)21(31)14-1-5-17(6-2-14)30(32)33/h1-8,13H,9-12H2. The van der Waals surface area contributed by atoms with Crippen LogP contribution in [0.5, 0.6) is 0 Å². The zero-order chi connectivity index (χ0) is 22.9. The lowest BCUT2D eigenvalue weighted by atomic mass is 10.1. The van der Waals surface area contributed by atoms with E-state index in [1.54, 1.807) is 21.7 Å². The number of nitrogens with zero attached hydrogens (tertiary/aromatic N) is 8. The third-order valence-corrected chi connectivity index (χ3v) is 5.73. The first-order valence-corrected chi connectivity index (χ1v) is 10.5. The molecule has 11 nitrogen and oxygen atoms in total. The Bertz CT molecular complexity index is 1330. The molecule has 0 bridgehead atoms. The Kier molecular flexibility index (Phi) is 5.31. The van der Waals surface area contributed by atoms with E-state index in [-0.39, 0.29) is 11.6 Å². The summed E-state index contributed by atoms with van der Waals surface area (Å²) in [5.74, 6) is 0.494. The number of halogens is 1. The molecule has 12 heteroatoms. The molecular formula is C21H17ClN8O3. The van der Waals surface area contributed by atoms with Crippen LogP contribution in [0.3, 0.4) is 0 Å². The van der Waals surface area contributed by atoms with E-state index in [2.05, 4.69) is 20.3 Å². The molecule has 0 saturated carbocycles. The predicted molar refractivity (Wildman–Crippen MR) is 121 cm³/mol. The van der Waals surface area contributed by atoms with E-state index in [1.807, 2.05) is 17.0 Å². The number of hydrogen-bond acceptors (Lipinski definition) is 8. The van der Waals surface area contributed by atoms with Crippen LogP contribution in [0.4, 0.5) is 11.5 Å². The highest BCUT2D eigenvalue weighted by Crippen LogP contribution is 2.24. The van der Waals surface area contributed by atoms with Crippen molar-refractivity contribution in [3.05, 3.63) is 75.6 Å². The number of carbonyl (C=O) groups is 1. The Balaban J connectivity index is 1.33. The van der Waals surface area contributed by atoms with E-state index in [0.717, 1.165) is 5.69 Å². The summed E-state index contributed by atoms with van der Waals surface area (Å²) in [6, 6.07) is 12.9. The van der Waals surface area contributed by atoms with Gasteiger partial charge in [0.25, 0.3) is 11.6 Å². The maximum Gasteiger partial charge on any atom is 0.269 e. The molecule has 4 aromatic rings. The number of nitro benzene ring substituents is 1. The molecule has 1 aliphatic heterocycles. The average Bonchev–Trinajstić information content (AvgIpc) is 3.28. The zero-order valence-electron chi connectivity index (χ0n) is 17.2. The van der Waals surface area contributed by atoms with Gasteiger partial charge in [-0.25, -0.2) is 9.97 Å². The third-order valence-electron chi connectivity index (χ3n) is 5.48. The summed E-state index contributed by atoms with van der Waals surface area (Å²) in [4.78, 5) is 35.7. The lowest BCUT2D eigenvalue weighted by Crippen LogP contribution is -2.49. The van der Waals surface area contributed by atoms with E-state index >= 15 is 0 Å². The molecule has 1 amide bonds. The van der Waals surface area contributed by atoms with Gasteiger partial charge in [-0.1, -0.05) is 16.8 Å². The lowest BCUT2D eigenvalue weighted by Gasteiger charge is -2.35. The molecule has 0 spiro atoms. The van der Waals surface area contributed by atoms with Crippen molar-refractivity contribution >= 4 is 40.2 Å². The number of aromatic nitrogens is 5. The molecule has 0 N–H and O–H groups in total. The molecule has 0 aliphatic carbocycles. The van der Waals surface area contributed by atoms with Crippen molar-refractivity contribution in [1.82, 2.24) is 29.9 Å². The number of carbonyl (C=O) groups excluding carboxylic acids is 1. The van der Waals surface area contributed by atoms with E-state index in [1.165, 1.54) is 30.6 Å². The van der Waals surface area contributed by atoms with Crippen LogP contribution in [0, 0.1) is 10.1 Å². The summed E-state index contributed by atoms with van der Waals surface area (Å²) < 4.78 is 1.63. The van der Waals surface area contributed by atoms with Gasteiger partial charge in [-0.15, -0.1) is 5.10 Å². The molecule has 33 heavy (non-hydrogen) atoms. The normalized spacial score (nSPS) is 14.0. The van der Waals surface area contributed by atoms with Crippen LogP contribution in [-0.4, -0.2) is 66.9 Å². The highest BCUT2D eigenvalue weighted by Gasteiger charge is 2.26. The molecule has 2 aromatic heterocycles. The highest BCUT2D eigenvalue weighted by atomic mass is 35.5. The number of amides is 1. The van der Waals surface area contributed by atoms with Crippen LogP contribution in [-0.2, 0) is 0 Å². The Labute approximate surface area is 192 Å². The van der Waals surface area contributed by atoms with Crippen molar-refractivity contribution in [3.63, 3.8) is 0 Å². The second kappa shape index (κ2) is 8.43. The Morgan fingerprint density at radius 2 is 1.67 bits per heavy atom. The van der Waals surface area contributed by atoms with Crippen molar-refractivity contribution < 1.29 is 9.72 Å². The van der Waals surface area contributed by atoms with Gasteiger partial charge >= 0.3 is 0 Å². The van der Waals surface area contributed by atoms with Gasteiger partial charge in [-0.2, -0.15) is 4.68 Å². The summed E-state index contributed by atoms with van der Waals surface area (Å²) in [7, 11) is 0. The molecule has 166 valence electrons. The van der Waals surface area contributed by atoms with Gasteiger partial charge in [0.2, 0.25) is 0 Å². The van der Waals surface area contributed by atoms with Crippen molar-refractivity contribution in [2.24, 2.45) is 0 Å². The Morgan fingerprint density at radius 3 is 2.33 bits per heavy atom. The first-order valence-electron chi connectivity index (χ1n) is 10.1. The minimum absolute atomic E-state index is 0.0456. The topological polar surface area (TPSA) is 123 Å². The number of benzene rings is 2. The lowest BCUT2D eigenvalue weighted by molar-refractivity contribution is -0.384. The fraction of sp³-hybridized carbons (Fsp3) is 0.190. The van der Waals surface area contributed by atoms with Crippen LogP contribution < -0.4 is 4.90 Å². The highest BCUT2D eigenvalue weighted by molar-refractivity contribution is 6.30. The largest absolute Gasteiger partial charge is 0.351 e. The molecule has 0 atom stereocenters. The van der Waals surface area contributed by atoms with Crippen LogP contribution in [0.25, 0.3) is 16.9 Å². The first-order chi connectivity index (χ1) is 16.0. The smallest absolute Gasteiger partial charge is 0.269 e. The number of rotatable bonds is 4. The summed E-state index contributed by atoms with van der Waals surface area (Å²) in [5, 5.41) is 20.0. The molecule has 1 aliphatic rings. The summed E-state index contributed by atoms with van der Waals surface area (Å²) in [6.07, 6.45) is 1.47. The average molecular weight is 465 g/mol. The van der Waals surface area contributed by atoms with Crippen molar-refractivity contribution in [1.29, 1.82) is 0 Å². The van der Waals surface area contributed by atoms with Gasteiger partial charge in [0.1, 0.15) is 6.33 Å². The second-order valence-electron chi connectivity index (χ2n) is 7.43. The fourth-order valence-corrected chi connectivity index (χ4v) is 3.88. The van der Waals surface area contributed by atoms with Crippen LogP contribution in [0.2, 0.25) is 5.02 Å². The Hall–Kier alpha value is -4.12. The van der Waals surface area contributed by atoms with E-state index < -0.39 is 4.92 Å². The molecule has 3 heterocycles. The van der Waals surface area contributed by atoms with E-state index in [0.29, 0.717) is 53.7 Å². The minimum atomic E-state index is -0.488. The number of anilines is 1. The van der Waals surface area contributed by atoms with E-state index in [9.17, 15) is 14.9 Å². The molecule has 2 aromatic carbocycles. The van der Waals surface area contributed by atoms with Gasteiger partial charge in [0.05, 0.1) is 10.6 Å². The van der Waals surface area contributed by atoms with Gasteiger partial charge < -0.3 is 9.80 Å². The predicted octanol–water partition coefficient (Wildman–Crippen LogP) is 2.73. The fourth-order valence-electron chi connectivity index (χ4n) is 3.75. The molecular weight excluding hydrogens is 448 g/mol. The maximum absolute atomic E-state index is 12.8. The van der Waals surface area contributed by atoms with Crippen LogP contribution >= 0.6 is 11.6 Å². The Morgan fingerprint density at radius 1 is 0.970 bits per heavy atom. The number of fused-ring (bicyclic) bond motifs is 1. The monoisotopic (exact) mass is 464 g/mol. The van der Waals surface area contributed by atoms with Crippen molar-refractivity contribution in [3.8, 4) is 5.69 Å².